The molecule has 0 saturated heterocycles. The first-order valence-corrected chi connectivity index (χ1v) is 9.24. The Hall–Kier alpha value is -0.650. The monoisotopic (exact) mass is 369 g/mol. The van der Waals surface area contributed by atoms with E-state index in [2.05, 4.69) is 70.9 Å². The quantitative estimate of drug-likeness (QED) is 0.748. The maximum Gasteiger partial charge on any atom is 0.0853 e. The minimum atomic E-state index is 0.203. The molecular formula is C16H24BrN3S. The van der Waals surface area contributed by atoms with Gasteiger partial charge in [0.2, 0.25) is 0 Å². The van der Waals surface area contributed by atoms with Crippen molar-refractivity contribution in [3.05, 3.63) is 38.3 Å². The molecule has 116 valence electrons. The van der Waals surface area contributed by atoms with Gasteiger partial charge in [0.05, 0.1) is 22.4 Å². The fourth-order valence-electron chi connectivity index (χ4n) is 2.39. The third-order valence-corrected chi connectivity index (χ3v) is 5.37. The van der Waals surface area contributed by atoms with Crippen molar-refractivity contribution in [2.45, 2.75) is 52.6 Å². The third kappa shape index (κ3) is 3.76. The molecule has 5 heteroatoms. The van der Waals surface area contributed by atoms with E-state index >= 15 is 0 Å². The number of aromatic nitrogens is 2. The Balaban J connectivity index is 2.42. The van der Waals surface area contributed by atoms with Crippen LogP contribution in [0.1, 0.15) is 61.6 Å². The normalized spacial score (nSPS) is 13.0. The van der Waals surface area contributed by atoms with Crippen LogP contribution in [0.4, 0.5) is 0 Å². The highest BCUT2D eigenvalue weighted by Gasteiger charge is 2.23. The van der Waals surface area contributed by atoms with Gasteiger partial charge in [-0.1, -0.05) is 13.8 Å². The second-order valence-corrected chi connectivity index (χ2v) is 7.52. The molecule has 0 fully saturated rings. The molecule has 0 aliphatic heterocycles. The Kier molecular flexibility index (Phi) is 6.02. The van der Waals surface area contributed by atoms with E-state index in [0.29, 0.717) is 6.04 Å². The third-order valence-electron chi connectivity index (χ3n) is 3.46. The number of nitrogens with one attached hydrogen (secondary N) is 1. The first kappa shape index (κ1) is 16.7. The lowest BCUT2D eigenvalue weighted by Crippen LogP contribution is -2.26. The molecule has 0 spiro atoms. The molecule has 0 radical (unpaired) electrons. The highest BCUT2D eigenvalue weighted by molar-refractivity contribution is 9.10. The molecule has 1 unspecified atom stereocenters. The van der Waals surface area contributed by atoms with Crippen LogP contribution in [0.5, 0.6) is 0 Å². The molecule has 0 aromatic carbocycles. The summed E-state index contributed by atoms with van der Waals surface area (Å²) in [6.45, 7) is 9.75. The summed E-state index contributed by atoms with van der Waals surface area (Å²) >= 11 is 5.57. The van der Waals surface area contributed by atoms with Crippen molar-refractivity contribution in [1.82, 2.24) is 15.1 Å². The van der Waals surface area contributed by atoms with Gasteiger partial charge in [-0.15, -0.1) is 11.3 Å². The van der Waals surface area contributed by atoms with E-state index in [9.17, 15) is 0 Å². The van der Waals surface area contributed by atoms with E-state index in [1.165, 1.54) is 15.4 Å². The van der Waals surface area contributed by atoms with Crippen molar-refractivity contribution in [3.8, 4) is 0 Å². The van der Waals surface area contributed by atoms with E-state index < -0.39 is 0 Å². The minimum Gasteiger partial charge on any atom is -0.304 e. The zero-order chi connectivity index (χ0) is 15.4. The molecule has 21 heavy (non-hydrogen) atoms. The predicted octanol–water partition coefficient (Wildman–Crippen LogP) is 4.94. The molecule has 1 atom stereocenters. The largest absolute Gasteiger partial charge is 0.304 e. The van der Waals surface area contributed by atoms with Gasteiger partial charge in [0.25, 0.3) is 0 Å². The molecule has 0 aliphatic rings. The standard InChI is InChI=1S/C16H24BrN3S/c1-5-9-18-15(14-8-7-12(6-2)21-14)16-13(17)10-19-20(16)11(3)4/h7-8,10-11,15,18H,5-6,9H2,1-4H3. The summed E-state index contributed by atoms with van der Waals surface area (Å²) in [5, 5.41) is 8.21. The molecule has 0 saturated carbocycles. The Bertz CT molecular complexity index is 574. The Morgan fingerprint density at radius 3 is 2.67 bits per heavy atom. The average Bonchev–Trinajstić information content (AvgIpc) is 3.07. The molecule has 0 aliphatic carbocycles. The second kappa shape index (κ2) is 7.56. The zero-order valence-electron chi connectivity index (χ0n) is 13.2. The molecule has 2 aromatic rings. The van der Waals surface area contributed by atoms with Gasteiger partial charge < -0.3 is 5.32 Å². The average molecular weight is 370 g/mol. The van der Waals surface area contributed by atoms with Crippen molar-refractivity contribution in [1.29, 1.82) is 0 Å². The first-order valence-electron chi connectivity index (χ1n) is 7.63. The van der Waals surface area contributed by atoms with Crippen molar-refractivity contribution >= 4 is 27.3 Å². The molecular weight excluding hydrogens is 346 g/mol. The van der Waals surface area contributed by atoms with Crippen molar-refractivity contribution in [2.24, 2.45) is 0 Å². The number of halogens is 1. The van der Waals surface area contributed by atoms with Crippen LogP contribution in [0.25, 0.3) is 0 Å². The SMILES string of the molecule is CCCNC(c1ccc(CC)s1)c1c(Br)cnn1C(C)C. The van der Waals surface area contributed by atoms with Gasteiger partial charge in [-0.3, -0.25) is 4.68 Å². The molecule has 0 amide bonds. The fraction of sp³-hybridized carbons (Fsp3) is 0.562. The van der Waals surface area contributed by atoms with Gasteiger partial charge in [0.15, 0.2) is 0 Å². The molecule has 2 aromatic heterocycles. The fourth-order valence-corrected chi connectivity index (χ4v) is 3.93. The van der Waals surface area contributed by atoms with E-state index in [0.717, 1.165) is 23.9 Å². The van der Waals surface area contributed by atoms with Gasteiger partial charge in [0, 0.05) is 15.8 Å². The number of rotatable bonds is 7. The maximum absolute atomic E-state index is 4.53. The highest BCUT2D eigenvalue weighted by Crippen LogP contribution is 2.34. The Morgan fingerprint density at radius 2 is 2.10 bits per heavy atom. The molecule has 1 N–H and O–H groups in total. The lowest BCUT2D eigenvalue weighted by atomic mass is 10.1. The van der Waals surface area contributed by atoms with Gasteiger partial charge in [-0.05, 0) is 61.3 Å². The van der Waals surface area contributed by atoms with Crippen LogP contribution >= 0.6 is 27.3 Å². The molecule has 3 nitrogen and oxygen atoms in total. The summed E-state index contributed by atoms with van der Waals surface area (Å²) < 4.78 is 3.19. The molecule has 2 heterocycles. The highest BCUT2D eigenvalue weighted by atomic mass is 79.9. The number of nitrogens with zero attached hydrogens (tertiary/aromatic N) is 2. The van der Waals surface area contributed by atoms with E-state index in [1.807, 2.05) is 17.5 Å². The first-order chi connectivity index (χ1) is 10.1. The summed E-state index contributed by atoms with van der Waals surface area (Å²) in [5.41, 5.74) is 1.22. The van der Waals surface area contributed by atoms with Crippen molar-refractivity contribution in [3.63, 3.8) is 0 Å². The number of thiophene rings is 1. The second-order valence-electron chi connectivity index (χ2n) is 5.46. The van der Waals surface area contributed by atoms with Crippen LogP contribution in [-0.2, 0) is 6.42 Å². The minimum absolute atomic E-state index is 0.203. The summed E-state index contributed by atoms with van der Waals surface area (Å²) in [5.74, 6) is 0. The lowest BCUT2D eigenvalue weighted by molar-refractivity contribution is 0.473. The summed E-state index contributed by atoms with van der Waals surface area (Å²) in [4.78, 5) is 2.79. The topological polar surface area (TPSA) is 29.9 Å². The van der Waals surface area contributed by atoms with Gasteiger partial charge in [-0.25, -0.2) is 0 Å². The van der Waals surface area contributed by atoms with Gasteiger partial charge in [0.1, 0.15) is 0 Å². The van der Waals surface area contributed by atoms with E-state index in [1.54, 1.807) is 0 Å². The van der Waals surface area contributed by atoms with Crippen LogP contribution in [0.15, 0.2) is 22.8 Å². The number of aryl methyl sites for hydroxylation is 1. The maximum atomic E-state index is 4.53. The Labute approximate surface area is 139 Å². The van der Waals surface area contributed by atoms with Crippen LogP contribution in [-0.4, -0.2) is 16.3 Å². The van der Waals surface area contributed by atoms with Gasteiger partial charge >= 0.3 is 0 Å². The molecule has 0 bridgehead atoms. The summed E-state index contributed by atoms with van der Waals surface area (Å²) in [6.07, 6.45) is 4.12. The van der Waals surface area contributed by atoms with E-state index in [-0.39, 0.29) is 6.04 Å². The smallest absolute Gasteiger partial charge is 0.0853 e. The number of hydrogen-bond acceptors (Lipinski definition) is 3. The summed E-state index contributed by atoms with van der Waals surface area (Å²) in [6, 6.07) is 5.04. The molecule has 2 rings (SSSR count). The number of hydrogen-bond donors (Lipinski definition) is 1. The Morgan fingerprint density at radius 1 is 1.33 bits per heavy atom. The van der Waals surface area contributed by atoms with Gasteiger partial charge in [-0.2, -0.15) is 5.10 Å². The van der Waals surface area contributed by atoms with Crippen molar-refractivity contribution < 1.29 is 0 Å². The summed E-state index contributed by atoms with van der Waals surface area (Å²) in [7, 11) is 0. The van der Waals surface area contributed by atoms with Crippen LogP contribution in [0, 0.1) is 0 Å². The predicted molar refractivity (Wildman–Crippen MR) is 94.1 cm³/mol. The van der Waals surface area contributed by atoms with Crippen LogP contribution < -0.4 is 5.32 Å². The van der Waals surface area contributed by atoms with Crippen LogP contribution in [0.2, 0.25) is 0 Å². The zero-order valence-corrected chi connectivity index (χ0v) is 15.6. The van der Waals surface area contributed by atoms with E-state index in [4.69, 9.17) is 0 Å². The lowest BCUT2D eigenvalue weighted by Gasteiger charge is -2.21. The van der Waals surface area contributed by atoms with Crippen LogP contribution in [0.3, 0.4) is 0 Å². The van der Waals surface area contributed by atoms with Crippen molar-refractivity contribution in [2.75, 3.05) is 6.54 Å².